The number of hydrogen-bond donors (Lipinski definition) is 3. The first-order valence-corrected chi connectivity index (χ1v) is 7.01. The van der Waals surface area contributed by atoms with Crippen LogP contribution in [0, 0.1) is 6.92 Å². The quantitative estimate of drug-likeness (QED) is 0.563. The molecule has 1 aliphatic carbocycles. The van der Waals surface area contributed by atoms with Gasteiger partial charge in [0.1, 0.15) is 0 Å². The van der Waals surface area contributed by atoms with Crippen molar-refractivity contribution < 1.29 is 4.79 Å². The van der Waals surface area contributed by atoms with Crippen molar-refractivity contribution in [2.24, 2.45) is 5.84 Å². The molecule has 1 fully saturated rings. The lowest BCUT2D eigenvalue weighted by atomic mass is 9.75. The normalized spacial score (nSPS) is 16.6. The molecule has 5 nitrogen and oxygen atoms in total. The molecule has 0 unspecified atom stereocenters. The minimum atomic E-state index is -0.0743. The number of hydrogen-bond acceptors (Lipinski definition) is 4. The van der Waals surface area contributed by atoms with E-state index >= 15 is 0 Å². The van der Waals surface area contributed by atoms with Crippen molar-refractivity contribution >= 4 is 11.6 Å². The second kappa shape index (κ2) is 5.81. The first-order chi connectivity index (χ1) is 9.48. The van der Waals surface area contributed by atoms with E-state index in [0.29, 0.717) is 17.8 Å². The van der Waals surface area contributed by atoms with Gasteiger partial charge in [0, 0.05) is 12.1 Å². The second-order valence-electron chi connectivity index (χ2n) is 5.85. The van der Waals surface area contributed by atoms with E-state index in [-0.39, 0.29) is 11.4 Å². The van der Waals surface area contributed by atoms with Gasteiger partial charge in [0.05, 0.1) is 11.3 Å². The van der Waals surface area contributed by atoms with Crippen LogP contribution in [0.5, 0.6) is 0 Å². The summed E-state index contributed by atoms with van der Waals surface area (Å²) in [6, 6.07) is 5.61. The van der Waals surface area contributed by atoms with E-state index in [2.05, 4.69) is 29.7 Å². The van der Waals surface area contributed by atoms with Crippen LogP contribution in [0.1, 0.15) is 35.2 Å². The maximum Gasteiger partial charge on any atom is 0.253 e. The highest BCUT2D eigenvalue weighted by atomic mass is 16.1. The molecule has 0 aliphatic heterocycles. The molecule has 0 saturated heterocycles. The SMILES string of the molecule is Cc1ccc(NN)c(C(=O)NCC2(N(C)C)CCC2)c1. The maximum atomic E-state index is 12.4. The summed E-state index contributed by atoms with van der Waals surface area (Å²) < 4.78 is 0. The van der Waals surface area contributed by atoms with Crippen LogP contribution >= 0.6 is 0 Å². The van der Waals surface area contributed by atoms with E-state index in [1.54, 1.807) is 0 Å². The van der Waals surface area contributed by atoms with E-state index in [4.69, 9.17) is 5.84 Å². The standard InChI is InChI=1S/C15H24N4O/c1-11-5-6-13(18-16)12(9-11)14(20)17-10-15(19(2)3)7-4-8-15/h5-6,9,18H,4,7-8,10,16H2,1-3H3,(H,17,20). The number of rotatable bonds is 5. The molecule has 0 radical (unpaired) electrons. The van der Waals surface area contributed by atoms with Gasteiger partial charge in [0.25, 0.3) is 5.91 Å². The number of amides is 1. The summed E-state index contributed by atoms with van der Waals surface area (Å²) in [6.07, 6.45) is 3.50. The second-order valence-corrected chi connectivity index (χ2v) is 5.85. The van der Waals surface area contributed by atoms with Crippen molar-refractivity contribution in [1.29, 1.82) is 0 Å². The Hall–Kier alpha value is -1.59. The Morgan fingerprint density at radius 1 is 1.40 bits per heavy atom. The molecule has 0 atom stereocenters. The summed E-state index contributed by atoms with van der Waals surface area (Å²) in [5.74, 6) is 5.39. The van der Waals surface area contributed by atoms with Gasteiger partial charge in [-0.3, -0.25) is 10.6 Å². The predicted molar refractivity (Wildman–Crippen MR) is 81.6 cm³/mol. The molecule has 0 heterocycles. The van der Waals surface area contributed by atoms with Crippen molar-refractivity contribution in [3.8, 4) is 0 Å². The lowest BCUT2D eigenvalue weighted by Crippen LogP contribution is -2.57. The number of hydrazine groups is 1. The molecule has 4 N–H and O–H groups in total. The minimum absolute atomic E-state index is 0.0743. The zero-order valence-electron chi connectivity index (χ0n) is 12.5. The van der Waals surface area contributed by atoms with Crippen molar-refractivity contribution in [1.82, 2.24) is 10.2 Å². The molecular formula is C15H24N4O. The summed E-state index contributed by atoms with van der Waals surface area (Å²) in [7, 11) is 4.15. The Bertz CT molecular complexity index is 495. The Balaban J connectivity index is 2.07. The molecule has 110 valence electrons. The Kier molecular flexibility index (Phi) is 4.30. The van der Waals surface area contributed by atoms with Gasteiger partial charge < -0.3 is 15.6 Å². The Morgan fingerprint density at radius 3 is 2.60 bits per heavy atom. The monoisotopic (exact) mass is 276 g/mol. The molecule has 5 heteroatoms. The maximum absolute atomic E-state index is 12.4. The summed E-state index contributed by atoms with van der Waals surface area (Å²) in [5.41, 5.74) is 4.99. The van der Waals surface area contributed by atoms with E-state index in [9.17, 15) is 4.79 Å². The first kappa shape index (κ1) is 14.8. The van der Waals surface area contributed by atoms with Gasteiger partial charge in [-0.15, -0.1) is 0 Å². The molecule has 1 aliphatic rings. The fourth-order valence-electron chi connectivity index (χ4n) is 2.68. The predicted octanol–water partition coefficient (Wildman–Crippen LogP) is 1.49. The average molecular weight is 276 g/mol. The fraction of sp³-hybridized carbons (Fsp3) is 0.533. The topological polar surface area (TPSA) is 70.4 Å². The summed E-state index contributed by atoms with van der Waals surface area (Å²) >= 11 is 0. The molecular weight excluding hydrogens is 252 g/mol. The number of nitrogens with two attached hydrogens (primary N) is 1. The summed E-state index contributed by atoms with van der Waals surface area (Å²) in [4.78, 5) is 14.6. The zero-order chi connectivity index (χ0) is 14.8. The van der Waals surface area contributed by atoms with Gasteiger partial charge in [-0.25, -0.2) is 0 Å². The smallest absolute Gasteiger partial charge is 0.253 e. The average Bonchev–Trinajstić information content (AvgIpc) is 2.36. The van der Waals surface area contributed by atoms with Crippen LogP contribution in [-0.2, 0) is 0 Å². The number of benzene rings is 1. The highest BCUT2D eigenvalue weighted by Crippen LogP contribution is 2.35. The van der Waals surface area contributed by atoms with Crippen molar-refractivity contribution in [3.63, 3.8) is 0 Å². The van der Waals surface area contributed by atoms with Crippen LogP contribution in [0.15, 0.2) is 18.2 Å². The number of anilines is 1. The summed E-state index contributed by atoms with van der Waals surface area (Å²) in [6.45, 7) is 2.64. The molecule has 1 aromatic carbocycles. The van der Waals surface area contributed by atoms with Gasteiger partial charge in [-0.05, 0) is 52.4 Å². The van der Waals surface area contributed by atoms with Crippen LogP contribution in [-0.4, -0.2) is 37.0 Å². The van der Waals surface area contributed by atoms with Crippen molar-refractivity contribution in [2.75, 3.05) is 26.1 Å². The van der Waals surface area contributed by atoms with Gasteiger partial charge in [0.2, 0.25) is 0 Å². The van der Waals surface area contributed by atoms with Crippen LogP contribution in [0.3, 0.4) is 0 Å². The lowest BCUT2D eigenvalue weighted by Gasteiger charge is -2.47. The molecule has 1 aromatic rings. The van der Waals surface area contributed by atoms with Crippen LogP contribution in [0.4, 0.5) is 5.69 Å². The molecule has 1 saturated carbocycles. The van der Waals surface area contributed by atoms with Crippen LogP contribution in [0.2, 0.25) is 0 Å². The number of nitrogens with one attached hydrogen (secondary N) is 2. The van der Waals surface area contributed by atoms with Crippen molar-refractivity contribution in [2.45, 2.75) is 31.7 Å². The number of carbonyl (C=O) groups excluding carboxylic acids is 1. The number of nitrogen functional groups attached to an aromatic ring is 1. The fourth-order valence-corrected chi connectivity index (χ4v) is 2.68. The molecule has 1 amide bonds. The molecule has 0 bridgehead atoms. The van der Waals surface area contributed by atoms with Gasteiger partial charge in [0.15, 0.2) is 0 Å². The van der Waals surface area contributed by atoms with Gasteiger partial charge in [-0.1, -0.05) is 11.6 Å². The van der Waals surface area contributed by atoms with Gasteiger partial charge in [-0.2, -0.15) is 0 Å². The third-order valence-corrected chi connectivity index (χ3v) is 4.39. The zero-order valence-corrected chi connectivity index (χ0v) is 12.5. The largest absolute Gasteiger partial charge is 0.350 e. The highest BCUT2D eigenvalue weighted by Gasteiger charge is 2.39. The van der Waals surface area contributed by atoms with Gasteiger partial charge >= 0.3 is 0 Å². The number of carbonyl (C=O) groups is 1. The van der Waals surface area contributed by atoms with Crippen molar-refractivity contribution in [3.05, 3.63) is 29.3 Å². The molecule has 20 heavy (non-hydrogen) atoms. The third kappa shape index (κ3) is 2.78. The molecule has 0 aromatic heterocycles. The Morgan fingerprint density at radius 2 is 2.10 bits per heavy atom. The lowest BCUT2D eigenvalue weighted by molar-refractivity contribution is 0.0558. The van der Waals surface area contributed by atoms with E-state index in [0.717, 1.165) is 18.4 Å². The highest BCUT2D eigenvalue weighted by molar-refractivity contribution is 5.99. The molecule has 0 spiro atoms. The molecule has 2 rings (SSSR count). The third-order valence-electron chi connectivity index (χ3n) is 4.39. The van der Waals surface area contributed by atoms with E-state index in [1.807, 2.05) is 25.1 Å². The number of nitrogens with zero attached hydrogens (tertiary/aromatic N) is 1. The number of likely N-dealkylation sites (N-methyl/N-ethyl adjacent to an activating group) is 1. The Labute approximate surface area is 120 Å². The van der Waals surface area contributed by atoms with Crippen LogP contribution in [0.25, 0.3) is 0 Å². The van der Waals surface area contributed by atoms with Crippen LogP contribution < -0.4 is 16.6 Å². The van der Waals surface area contributed by atoms with E-state index in [1.165, 1.54) is 6.42 Å². The van der Waals surface area contributed by atoms with E-state index < -0.39 is 0 Å². The minimum Gasteiger partial charge on any atom is -0.350 e. The number of aryl methyl sites for hydroxylation is 1. The first-order valence-electron chi connectivity index (χ1n) is 7.01. The summed E-state index contributed by atoms with van der Waals surface area (Å²) in [5, 5.41) is 3.05.